The fourth-order valence-electron chi connectivity index (χ4n) is 0.814. The number of aliphatic hydroxyl groups is 2. The molecule has 1 aromatic carbocycles. The van der Waals surface area contributed by atoms with E-state index in [1.807, 2.05) is 0 Å². The van der Waals surface area contributed by atoms with E-state index >= 15 is 0 Å². The van der Waals surface area contributed by atoms with Crippen LogP contribution in [0, 0.1) is 0 Å². The van der Waals surface area contributed by atoms with Crippen molar-refractivity contribution in [2.75, 3.05) is 0 Å². The predicted octanol–water partition coefficient (Wildman–Crippen LogP) is 0.832. The molecule has 0 fully saturated rings. The maximum Gasteiger partial charge on any atom is 0.488 e. The van der Waals surface area contributed by atoms with Gasteiger partial charge in [-0.15, -0.1) is 0 Å². The van der Waals surface area contributed by atoms with Crippen LogP contribution < -0.4 is 5.46 Å². The van der Waals surface area contributed by atoms with Gasteiger partial charge in [-0.05, 0) is 33.2 Å². The summed E-state index contributed by atoms with van der Waals surface area (Å²) in [5.74, 6) is 0. The Morgan fingerprint density at radius 2 is 1.25 bits per heavy atom. The minimum atomic E-state index is -2.52. The Morgan fingerprint density at radius 1 is 0.900 bits per heavy atom. The van der Waals surface area contributed by atoms with Crippen LogP contribution in [-0.4, -0.2) is 38.6 Å². The molecule has 0 radical (unpaired) electrons. The van der Waals surface area contributed by atoms with Crippen LogP contribution in [0.3, 0.4) is 0 Å². The van der Waals surface area contributed by atoms with Crippen molar-refractivity contribution in [3.8, 4) is 0 Å². The Morgan fingerprint density at radius 3 is 1.45 bits per heavy atom. The molecule has 0 bridgehead atoms. The molecule has 1 rings (SSSR count). The van der Waals surface area contributed by atoms with Crippen LogP contribution in [0.2, 0.25) is 0 Å². The second-order valence-electron chi connectivity index (χ2n) is 5.46. The first-order chi connectivity index (χ1) is 8.86. The van der Waals surface area contributed by atoms with Crippen molar-refractivity contribution in [1.82, 2.24) is 0 Å². The summed E-state index contributed by atoms with van der Waals surface area (Å²) in [6.45, 7) is 6.31. The Hall–Kier alpha value is -1.02. The summed E-state index contributed by atoms with van der Waals surface area (Å²) >= 11 is 0. The van der Waals surface area contributed by atoms with Crippen LogP contribution in [0.5, 0.6) is 0 Å². The third kappa shape index (κ3) is 6.43. The van der Waals surface area contributed by atoms with Gasteiger partial charge in [-0.3, -0.25) is 0 Å². The standard InChI is InChI=1S/C7H7BF2O2.C6H14O2/c9-7(10)5-1-3-6(4-2-5)8(11)12;1-5(2,7)6(3,4)8/h1-4,7,11-12H;7-8H,1-4H3. The molecular formula is C13H21BF2O4. The monoisotopic (exact) mass is 290 g/mol. The maximum atomic E-state index is 12.0. The summed E-state index contributed by atoms with van der Waals surface area (Å²) in [6, 6.07) is 4.84. The van der Waals surface area contributed by atoms with E-state index < -0.39 is 24.7 Å². The average Bonchev–Trinajstić information content (AvgIpc) is 2.27. The van der Waals surface area contributed by atoms with Crippen molar-refractivity contribution < 1.29 is 29.0 Å². The van der Waals surface area contributed by atoms with Crippen molar-refractivity contribution in [3.05, 3.63) is 29.8 Å². The van der Waals surface area contributed by atoms with Gasteiger partial charge in [0, 0.05) is 5.56 Å². The van der Waals surface area contributed by atoms with Gasteiger partial charge in [-0.2, -0.15) is 0 Å². The van der Waals surface area contributed by atoms with E-state index in [4.69, 9.17) is 20.3 Å². The third-order valence-electron chi connectivity index (χ3n) is 2.98. The molecular weight excluding hydrogens is 269 g/mol. The van der Waals surface area contributed by atoms with Crippen LogP contribution in [0.1, 0.15) is 39.7 Å². The summed E-state index contributed by atoms with van der Waals surface area (Å²) < 4.78 is 23.9. The number of benzene rings is 1. The second kappa shape index (κ2) is 7.13. The van der Waals surface area contributed by atoms with E-state index in [9.17, 15) is 8.78 Å². The molecule has 0 atom stereocenters. The van der Waals surface area contributed by atoms with Gasteiger partial charge in [0.05, 0.1) is 11.2 Å². The molecule has 0 aromatic heterocycles. The van der Waals surface area contributed by atoms with Gasteiger partial charge in [0.1, 0.15) is 0 Å². The molecule has 0 saturated carbocycles. The van der Waals surface area contributed by atoms with Crippen molar-refractivity contribution in [1.29, 1.82) is 0 Å². The van der Waals surface area contributed by atoms with Crippen molar-refractivity contribution in [2.24, 2.45) is 0 Å². The molecule has 20 heavy (non-hydrogen) atoms. The quantitative estimate of drug-likeness (QED) is 0.622. The lowest BCUT2D eigenvalue weighted by Gasteiger charge is -2.31. The minimum absolute atomic E-state index is 0.126. The first-order valence-corrected chi connectivity index (χ1v) is 6.05. The Kier molecular flexibility index (Phi) is 6.76. The Balaban J connectivity index is 0.000000396. The zero-order valence-electron chi connectivity index (χ0n) is 12.0. The van der Waals surface area contributed by atoms with Gasteiger partial charge in [0.2, 0.25) is 0 Å². The lowest BCUT2D eigenvalue weighted by atomic mass is 9.80. The molecule has 4 N–H and O–H groups in total. The molecule has 0 aliphatic rings. The topological polar surface area (TPSA) is 80.9 Å². The van der Waals surface area contributed by atoms with Crippen LogP contribution >= 0.6 is 0 Å². The van der Waals surface area contributed by atoms with E-state index in [1.165, 1.54) is 24.3 Å². The van der Waals surface area contributed by atoms with E-state index in [0.29, 0.717) is 0 Å². The van der Waals surface area contributed by atoms with Gasteiger partial charge < -0.3 is 20.3 Å². The molecule has 0 unspecified atom stereocenters. The molecule has 4 nitrogen and oxygen atoms in total. The number of rotatable bonds is 3. The molecule has 0 spiro atoms. The van der Waals surface area contributed by atoms with Gasteiger partial charge >= 0.3 is 7.12 Å². The number of hydrogen-bond donors (Lipinski definition) is 4. The number of hydrogen-bond acceptors (Lipinski definition) is 4. The van der Waals surface area contributed by atoms with E-state index in [0.717, 1.165) is 0 Å². The number of halogens is 2. The van der Waals surface area contributed by atoms with Crippen LogP contribution in [0.25, 0.3) is 0 Å². The highest BCUT2D eigenvalue weighted by Gasteiger charge is 2.31. The summed E-state index contributed by atoms with van der Waals surface area (Å²) in [5, 5.41) is 35.5. The van der Waals surface area contributed by atoms with Crippen LogP contribution in [0.4, 0.5) is 8.78 Å². The molecule has 0 amide bonds. The number of alkyl halides is 2. The summed E-state index contributed by atoms with van der Waals surface area (Å²) in [7, 11) is -1.60. The predicted molar refractivity (Wildman–Crippen MR) is 73.8 cm³/mol. The SMILES string of the molecule is CC(C)(O)C(C)(C)O.OB(O)c1ccc(C(F)F)cc1. The summed E-state index contributed by atoms with van der Waals surface area (Å²) in [5.41, 5.74) is -1.93. The molecule has 1 aromatic rings. The first kappa shape index (κ1) is 19.0. The fraction of sp³-hybridized carbons (Fsp3) is 0.538. The lowest BCUT2D eigenvalue weighted by Crippen LogP contribution is -2.44. The largest absolute Gasteiger partial charge is 0.488 e. The zero-order valence-corrected chi connectivity index (χ0v) is 12.0. The molecule has 114 valence electrons. The average molecular weight is 290 g/mol. The summed E-state index contributed by atoms with van der Waals surface area (Å²) in [6.07, 6.45) is -2.52. The highest BCUT2D eigenvalue weighted by Crippen LogP contribution is 2.19. The van der Waals surface area contributed by atoms with Gasteiger partial charge in [0.15, 0.2) is 0 Å². The van der Waals surface area contributed by atoms with Gasteiger partial charge in [0.25, 0.3) is 6.43 Å². The smallest absolute Gasteiger partial charge is 0.423 e. The van der Waals surface area contributed by atoms with E-state index in [-0.39, 0.29) is 11.0 Å². The van der Waals surface area contributed by atoms with Crippen molar-refractivity contribution >= 4 is 12.6 Å². The van der Waals surface area contributed by atoms with Gasteiger partial charge in [-0.25, -0.2) is 8.78 Å². The Labute approximate surface area is 117 Å². The van der Waals surface area contributed by atoms with Crippen LogP contribution in [-0.2, 0) is 0 Å². The van der Waals surface area contributed by atoms with E-state index in [2.05, 4.69) is 0 Å². The molecule has 0 heterocycles. The maximum absolute atomic E-state index is 12.0. The Bertz CT molecular complexity index is 355. The molecule has 0 saturated heterocycles. The minimum Gasteiger partial charge on any atom is -0.423 e. The molecule has 0 aliphatic heterocycles. The zero-order chi connectivity index (χ0) is 16.1. The molecule has 0 aliphatic carbocycles. The molecule has 7 heteroatoms. The second-order valence-corrected chi connectivity index (χ2v) is 5.46. The van der Waals surface area contributed by atoms with Crippen molar-refractivity contribution in [3.63, 3.8) is 0 Å². The van der Waals surface area contributed by atoms with Crippen molar-refractivity contribution in [2.45, 2.75) is 45.3 Å². The van der Waals surface area contributed by atoms with Gasteiger partial charge in [-0.1, -0.05) is 24.3 Å². The first-order valence-electron chi connectivity index (χ1n) is 6.05. The van der Waals surface area contributed by atoms with E-state index in [1.54, 1.807) is 27.7 Å². The van der Waals surface area contributed by atoms with Crippen LogP contribution in [0.15, 0.2) is 24.3 Å². The normalized spacial score (nSPS) is 11.9. The third-order valence-corrected chi connectivity index (χ3v) is 2.98. The summed E-state index contributed by atoms with van der Waals surface area (Å²) in [4.78, 5) is 0. The lowest BCUT2D eigenvalue weighted by molar-refractivity contribution is -0.107. The highest BCUT2D eigenvalue weighted by atomic mass is 19.3. The highest BCUT2D eigenvalue weighted by molar-refractivity contribution is 6.58. The fourth-order valence-corrected chi connectivity index (χ4v) is 0.814.